The molecule has 0 atom stereocenters. The highest BCUT2D eigenvalue weighted by atomic mass is 35.5. The minimum atomic E-state index is 0.573. The lowest BCUT2D eigenvalue weighted by Gasteiger charge is -2.38. The first kappa shape index (κ1) is 17.3. The minimum Gasteiger partial charge on any atom is -0.355 e. The lowest BCUT2D eigenvalue weighted by molar-refractivity contribution is 0.444. The molecule has 0 aromatic carbocycles. The van der Waals surface area contributed by atoms with E-state index in [-0.39, 0.29) is 0 Å². The van der Waals surface area contributed by atoms with E-state index in [1.165, 1.54) is 0 Å². The molecule has 0 aliphatic carbocycles. The number of aromatic amines is 1. The highest BCUT2D eigenvalue weighted by molar-refractivity contribution is 6.37. The summed E-state index contributed by atoms with van der Waals surface area (Å²) in [5, 5.41) is 1.66. The lowest BCUT2D eigenvalue weighted by atomic mass is 10.0. The molecule has 7 nitrogen and oxygen atoms in total. The molecule has 8 heteroatoms. The van der Waals surface area contributed by atoms with E-state index in [1.807, 2.05) is 12.3 Å². The van der Waals surface area contributed by atoms with E-state index in [0.29, 0.717) is 18.0 Å². The molecule has 4 aromatic rings. The second kappa shape index (κ2) is 6.67. The van der Waals surface area contributed by atoms with E-state index in [4.69, 9.17) is 21.6 Å². The summed E-state index contributed by atoms with van der Waals surface area (Å²) in [7, 11) is 0. The molecule has 0 spiro atoms. The smallest absolute Gasteiger partial charge is 0.178 e. The Balaban J connectivity index is 1.58. The predicted molar refractivity (Wildman–Crippen MR) is 110 cm³/mol. The molecular formula is C20H20ClN7. The quantitative estimate of drug-likeness (QED) is 0.570. The zero-order chi connectivity index (χ0) is 19.3. The molecule has 5 heterocycles. The van der Waals surface area contributed by atoms with Crippen LogP contribution in [-0.2, 0) is 12.8 Å². The molecule has 0 unspecified atom stereocenters. The van der Waals surface area contributed by atoms with E-state index in [9.17, 15) is 0 Å². The molecule has 4 aromatic heterocycles. The van der Waals surface area contributed by atoms with Gasteiger partial charge in [-0.1, -0.05) is 25.4 Å². The monoisotopic (exact) mass is 393 g/mol. The number of rotatable bonds is 4. The highest BCUT2D eigenvalue weighted by Gasteiger charge is 2.28. The fourth-order valence-electron chi connectivity index (χ4n) is 3.74. The average Bonchev–Trinajstić information content (AvgIpc) is 3.00. The van der Waals surface area contributed by atoms with Gasteiger partial charge in [0, 0.05) is 43.8 Å². The number of hydrogen-bond acceptors (Lipinski definition) is 6. The van der Waals surface area contributed by atoms with E-state index in [0.717, 1.165) is 64.0 Å². The third-order valence-electron chi connectivity index (χ3n) is 5.15. The second-order valence-corrected chi connectivity index (χ2v) is 7.77. The van der Waals surface area contributed by atoms with Crippen LogP contribution in [0.25, 0.3) is 22.2 Å². The van der Waals surface area contributed by atoms with Gasteiger partial charge in [0.1, 0.15) is 22.8 Å². The van der Waals surface area contributed by atoms with Crippen LogP contribution >= 0.6 is 11.6 Å². The zero-order valence-corrected chi connectivity index (χ0v) is 16.5. The summed E-state index contributed by atoms with van der Waals surface area (Å²) in [6, 6.07) is 1.99. The third kappa shape index (κ3) is 2.86. The zero-order valence-electron chi connectivity index (χ0n) is 15.8. The van der Waals surface area contributed by atoms with Gasteiger partial charge in [0.05, 0.1) is 10.4 Å². The Bertz CT molecular complexity index is 1180. The molecular weight excluding hydrogens is 374 g/mol. The number of fused-ring (bicyclic) bond motifs is 2. The van der Waals surface area contributed by atoms with Crippen LogP contribution < -0.4 is 4.90 Å². The van der Waals surface area contributed by atoms with Crippen LogP contribution in [0.5, 0.6) is 0 Å². The maximum atomic E-state index is 6.64. The minimum absolute atomic E-state index is 0.573. The van der Waals surface area contributed by atoms with Gasteiger partial charge in [0.2, 0.25) is 0 Å². The summed E-state index contributed by atoms with van der Waals surface area (Å²) in [6.07, 6.45) is 6.53. The molecule has 1 aliphatic rings. The number of hydrogen-bond donors (Lipinski definition) is 1. The largest absolute Gasteiger partial charge is 0.355 e. The van der Waals surface area contributed by atoms with Gasteiger partial charge in [-0.2, -0.15) is 0 Å². The molecule has 142 valence electrons. The summed E-state index contributed by atoms with van der Waals surface area (Å²) in [6.45, 7) is 6.30. The Hall–Kier alpha value is -2.80. The highest BCUT2D eigenvalue weighted by Crippen LogP contribution is 2.36. The van der Waals surface area contributed by atoms with Crippen LogP contribution in [0.2, 0.25) is 5.02 Å². The van der Waals surface area contributed by atoms with Gasteiger partial charge >= 0.3 is 0 Å². The van der Waals surface area contributed by atoms with Gasteiger partial charge in [-0.05, 0) is 24.0 Å². The molecule has 28 heavy (non-hydrogen) atoms. The van der Waals surface area contributed by atoms with Crippen LogP contribution in [0.15, 0.2) is 24.7 Å². The van der Waals surface area contributed by atoms with Gasteiger partial charge in [0.25, 0.3) is 0 Å². The van der Waals surface area contributed by atoms with Crippen molar-refractivity contribution in [3.8, 4) is 0 Å². The summed E-state index contributed by atoms with van der Waals surface area (Å²) in [4.78, 5) is 28.3. The number of nitrogens with zero attached hydrogens (tertiary/aromatic N) is 6. The molecule has 5 rings (SSSR count). The SMILES string of the molecule is CCc1[nH]c2nc(Cc3cnc4nccnc4c3)nc(N3CC(C)C3)c2c1Cl. The average molecular weight is 394 g/mol. The number of H-pyrrole nitrogens is 1. The van der Waals surface area contributed by atoms with Crippen LogP contribution in [0, 0.1) is 5.92 Å². The van der Waals surface area contributed by atoms with Gasteiger partial charge in [-0.3, -0.25) is 4.98 Å². The van der Waals surface area contributed by atoms with Crippen LogP contribution in [0.4, 0.5) is 5.82 Å². The Morgan fingerprint density at radius 3 is 2.79 bits per heavy atom. The van der Waals surface area contributed by atoms with Gasteiger partial charge in [0.15, 0.2) is 5.65 Å². The molecule has 1 saturated heterocycles. The van der Waals surface area contributed by atoms with Crippen LogP contribution in [0.1, 0.15) is 30.9 Å². The van der Waals surface area contributed by atoms with Gasteiger partial charge in [-0.15, -0.1) is 0 Å². The van der Waals surface area contributed by atoms with Crippen molar-refractivity contribution in [2.75, 3.05) is 18.0 Å². The van der Waals surface area contributed by atoms with Crippen molar-refractivity contribution in [1.29, 1.82) is 0 Å². The summed E-state index contributed by atoms with van der Waals surface area (Å²) in [5.74, 6) is 2.33. The second-order valence-electron chi connectivity index (χ2n) is 7.39. The standard InChI is InChI=1S/C20H20ClN7/c1-3-13-17(21)16-19(25-13)26-15(27-20(16)28-9-11(2)10-28)7-12-6-14-18(24-8-12)23-5-4-22-14/h4-6,8,11H,3,7,9-10H2,1-2H3,(H,25,26,27). The Labute approximate surface area is 167 Å². The summed E-state index contributed by atoms with van der Waals surface area (Å²) in [5.41, 5.74) is 4.22. The van der Waals surface area contributed by atoms with Gasteiger partial charge < -0.3 is 9.88 Å². The third-order valence-corrected chi connectivity index (χ3v) is 5.57. The van der Waals surface area contributed by atoms with Crippen LogP contribution in [-0.4, -0.2) is 43.0 Å². The number of aryl methyl sites for hydroxylation is 1. The first-order valence-electron chi connectivity index (χ1n) is 9.50. The van der Waals surface area contributed by atoms with Crippen molar-refractivity contribution in [3.63, 3.8) is 0 Å². The van der Waals surface area contributed by atoms with E-state index in [1.54, 1.807) is 12.4 Å². The Morgan fingerprint density at radius 1 is 1.18 bits per heavy atom. The molecule has 1 fully saturated rings. The molecule has 0 bridgehead atoms. The summed E-state index contributed by atoms with van der Waals surface area (Å²) < 4.78 is 0. The number of nitrogens with one attached hydrogen (secondary N) is 1. The Morgan fingerprint density at radius 2 is 2.00 bits per heavy atom. The van der Waals surface area contributed by atoms with Crippen molar-refractivity contribution >= 4 is 39.6 Å². The molecule has 0 radical (unpaired) electrons. The Kier molecular flexibility index (Phi) is 4.12. The first-order chi connectivity index (χ1) is 13.6. The molecule has 0 saturated carbocycles. The van der Waals surface area contributed by atoms with Crippen molar-refractivity contribution < 1.29 is 0 Å². The number of halogens is 1. The maximum Gasteiger partial charge on any atom is 0.178 e. The predicted octanol–water partition coefficient (Wildman–Crippen LogP) is 3.56. The van der Waals surface area contributed by atoms with E-state index >= 15 is 0 Å². The fraction of sp³-hybridized carbons (Fsp3) is 0.350. The van der Waals surface area contributed by atoms with Crippen molar-refractivity contribution in [3.05, 3.63) is 46.8 Å². The number of pyridine rings is 1. The van der Waals surface area contributed by atoms with E-state index in [2.05, 4.69) is 38.7 Å². The number of anilines is 1. The normalized spacial score (nSPS) is 14.8. The number of aromatic nitrogens is 6. The van der Waals surface area contributed by atoms with Crippen molar-refractivity contribution in [1.82, 2.24) is 29.9 Å². The first-order valence-corrected chi connectivity index (χ1v) is 9.87. The van der Waals surface area contributed by atoms with E-state index < -0.39 is 0 Å². The maximum absolute atomic E-state index is 6.64. The van der Waals surface area contributed by atoms with Crippen LogP contribution in [0.3, 0.4) is 0 Å². The summed E-state index contributed by atoms with van der Waals surface area (Å²) >= 11 is 6.64. The van der Waals surface area contributed by atoms with Crippen molar-refractivity contribution in [2.24, 2.45) is 5.92 Å². The fourth-order valence-corrected chi connectivity index (χ4v) is 4.09. The molecule has 0 amide bonds. The van der Waals surface area contributed by atoms with Gasteiger partial charge in [-0.25, -0.2) is 19.9 Å². The lowest BCUT2D eigenvalue weighted by Crippen LogP contribution is -2.45. The molecule has 1 N–H and O–H groups in total. The topological polar surface area (TPSA) is 83.5 Å². The van der Waals surface area contributed by atoms with Crippen molar-refractivity contribution in [2.45, 2.75) is 26.7 Å². The molecule has 1 aliphatic heterocycles.